The number of hydrogen-bond acceptors (Lipinski definition) is 9. The number of hydrogen-bond donors (Lipinski definition) is 4. The number of hydrazine groups is 2. The summed E-state index contributed by atoms with van der Waals surface area (Å²) in [6.07, 6.45) is 6.71. The first-order chi connectivity index (χ1) is 19.4. The average molecular weight is 555 g/mol. The highest BCUT2D eigenvalue weighted by Crippen LogP contribution is 2.38. The van der Waals surface area contributed by atoms with Gasteiger partial charge in [-0.1, -0.05) is 43.6 Å². The Hall–Kier alpha value is -4.02. The highest BCUT2D eigenvalue weighted by molar-refractivity contribution is 6.31. The molecule has 3 aliphatic rings. The molecule has 0 bridgehead atoms. The van der Waals surface area contributed by atoms with Gasteiger partial charge in [0.1, 0.15) is 12.1 Å². The molecule has 204 valence electrons. The third-order valence-electron chi connectivity index (χ3n) is 7.89. The molecule has 1 aliphatic carbocycles. The van der Waals surface area contributed by atoms with E-state index in [4.69, 9.17) is 16.3 Å². The largest absolute Gasteiger partial charge is 0.381 e. The quantitative estimate of drug-likeness (QED) is 0.306. The third-order valence-corrected chi connectivity index (χ3v) is 8.23. The highest BCUT2D eigenvalue weighted by Gasteiger charge is 2.35. The standard InChI is InChI=1S/C30H31ClN8O/c1-30(2)17-40-10-9-26(30)36-28-19(14-33)15-34-27-18(13-32)11-20(12-23(27)28)35-29(22-5-3-4-6-24(22)31)25-16-39(38-37-25)21-7-8-21/h3-6,11-12,15-16,21,26,29,35,37-38H,7-10,17H2,1-2H3,(H,34,36). The Kier molecular flexibility index (Phi) is 6.89. The van der Waals surface area contributed by atoms with Crippen LogP contribution in [0.2, 0.25) is 5.02 Å². The second-order valence-electron chi connectivity index (χ2n) is 11.3. The molecule has 10 heteroatoms. The minimum absolute atomic E-state index is 0.0873. The summed E-state index contributed by atoms with van der Waals surface area (Å²) in [5.41, 5.74) is 11.0. The molecule has 40 heavy (non-hydrogen) atoms. The molecular formula is C30H31ClN8O. The van der Waals surface area contributed by atoms with Gasteiger partial charge in [0.15, 0.2) is 0 Å². The Morgan fingerprint density at radius 1 is 1.15 bits per heavy atom. The van der Waals surface area contributed by atoms with Gasteiger partial charge in [-0.05, 0) is 43.0 Å². The Labute approximate surface area is 238 Å². The predicted octanol–water partition coefficient (Wildman–Crippen LogP) is 5.34. The summed E-state index contributed by atoms with van der Waals surface area (Å²) in [5, 5.41) is 30.8. The fraction of sp³-hybridized carbons (Fsp3) is 0.367. The monoisotopic (exact) mass is 554 g/mol. The fourth-order valence-electron chi connectivity index (χ4n) is 5.42. The van der Waals surface area contributed by atoms with Gasteiger partial charge in [-0.15, -0.1) is 5.53 Å². The van der Waals surface area contributed by atoms with Crippen LogP contribution in [-0.4, -0.2) is 35.3 Å². The summed E-state index contributed by atoms with van der Waals surface area (Å²) in [7, 11) is 0. The lowest BCUT2D eigenvalue weighted by Crippen LogP contribution is -2.44. The van der Waals surface area contributed by atoms with E-state index in [9.17, 15) is 10.5 Å². The van der Waals surface area contributed by atoms with Gasteiger partial charge in [0.25, 0.3) is 0 Å². The maximum atomic E-state index is 10.1. The summed E-state index contributed by atoms with van der Waals surface area (Å²) in [5.74, 6) is 0. The topological polar surface area (TPSA) is 121 Å². The molecule has 0 spiro atoms. The molecule has 3 aromatic rings. The number of anilines is 2. The van der Waals surface area contributed by atoms with E-state index in [-0.39, 0.29) is 17.5 Å². The van der Waals surface area contributed by atoms with Crippen LogP contribution in [0.15, 0.2) is 54.5 Å². The molecule has 0 amide bonds. The van der Waals surface area contributed by atoms with Crippen molar-refractivity contribution in [1.29, 1.82) is 10.5 Å². The molecule has 9 nitrogen and oxygen atoms in total. The highest BCUT2D eigenvalue weighted by atomic mass is 35.5. The molecule has 2 atom stereocenters. The number of nitrogens with zero attached hydrogens (tertiary/aromatic N) is 4. The Bertz CT molecular complexity index is 1570. The SMILES string of the molecule is CC1(C)COCCC1Nc1c(C#N)cnc2c(C#N)cc(NC(C3=CN(C4CC4)NN3)c3ccccc3Cl)cc12. The molecule has 1 saturated carbocycles. The lowest BCUT2D eigenvalue weighted by Gasteiger charge is -2.39. The molecule has 0 radical (unpaired) electrons. The summed E-state index contributed by atoms with van der Waals surface area (Å²) < 4.78 is 5.72. The van der Waals surface area contributed by atoms with Crippen LogP contribution in [0.25, 0.3) is 10.9 Å². The number of ether oxygens (including phenoxy) is 1. The van der Waals surface area contributed by atoms with Gasteiger partial charge < -0.3 is 20.8 Å². The summed E-state index contributed by atoms with van der Waals surface area (Å²) in [6.45, 7) is 5.58. The van der Waals surface area contributed by atoms with Gasteiger partial charge in [-0.3, -0.25) is 9.99 Å². The van der Waals surface area contributed by atoms with E-state index in [1.54, 1.807) is 12.3 Å². The van der Waals surface area contributed by atoms with E-state index in [0.717, 1.165) is 30.5 Å². The van der Waals surface area contributed by atoms with Crippen LogP contribution in [0.1, 0.15) is 55.8 Å². The van der Waals surface area contributed by atoms with Crippen molar-refractivity contribution in [3.05, 3.63) is 76.2 Å². The number of nitrogens with one attached hydrogen (secondary N) is 4. The lowest BCUT2D eigenvalue weighted by atomic mass is 9.81. The van der Waals surface area contributed by atoms with Gasteiger partial charge in [0, 0.05) is 52.6 Å². The van der Waals surface area contributed by atoms with E-state index in [2.05, 4.69) is 63.8 Å². The minimum Gasteiger partial charge on any atom is -0.381 e. The zero-order valence-electron chi connectivity index (χ0n) is 22.5. The van der Waals surface area contributed by atoms with Crippen LogP contribution in [0.3, 0.4) is 0 Å². The van der Waals surface area contributed by atoms with Crippen LogP contribution in [0, 0.1) is 28.1 Å². The van der Waals surface area contributed by atoms with Crippen molar-refractivity contribution in [2.45, 2.75) is 51.2 Å². The first-order valence-corrected chi connectivity index (χ1v) is 13.9. The van der Waals surface area contributed by atoms with E-state index >= 15 is 0 Å². The van der Waals surface area contributed by atoms with E-state index in [1.807, 2.05) is 30.3 Å². The average Bonchev–Trinajstić information content (AvgIpc) is 3.69. The zero-order valence-corrected chi connectivity index (χ0v) is 23.2. The molecule has 2 unspecified atom stereocenters. The van der Waals surface area contributed by atoms with Crippen molar-refractivity contribution >= 4 is 33.9 Å². The molecular weight excluding hydrogens is 524 g/mol. The van der Waals surface area contributed by atoms with Crippen molar-refractivity contribution in [2.75, 3.05) is 23.8 Å². The predicted molar refractivity (Wildman–Crippen MR) is 155 cm³/mol. The maximum absolute atomic E-state index is 10.1. The van der Waals surface area contributed by atoms with E-state index in [0.29, 0.717) is 57.7 Å². The zero-order chi connectivity index (χ0) is 27.9. The van der Waals surface area contributed by atoms with Gasteiger partial charge in [0.05, 0.1) is 40.7 Å². The van der Waals surface area contributed by atoms with Gasteiger partial charge in [-0.25, -0.2) is 0 Å². The first-order valence-electron chi connectivity index (χ1n) is 13.5. The number of fused-ring (bicyclic) bond motifs is 1. The van der Waals surface area contributed by atoms with Crippen molar-refractivity contribution in [1.82, 2.24) is 21.0 Å². The minimum atomic E-state index is -0.327. The molecule has 1 saturated heterocycles. The van der Waals surface area contributed by atoms with Crippen LogP contribution >= 0.6 is 11.6 Å². The molecule has 2 fully saturated rings. The maximum Gasteiger partial charge on any atom is 0.103 e. The first kappa shape index (κ1) is 26.2. The third kappa shape index (κ3) is 5.00. The number of halogens is 1. The number of aromatic nitrogens is 1. The van der Waals surface area contributed by atoms with Crippen molar-refractivity contribution in [3.63, 3.8) is 0 Å². The number of rotatable bonds is 7. The summed E-state index contributed by atoms with van der Waals surface area (Å²) in [4.78, 5) is 4.52. The van der Waals surface area contributed by atoms with Gasteiger partial charge in [0.2, 0.25) is 0 Å². The Balaban J connectivity index is 1.44. The second-order valence-corrected chi connectivity index (χ2v) is 11.7. The number of benzene rings is 2. The molecule has 3 heterocycles. The van der Waals surface area contributed by atoms with Crippen LogP contribution in [0.5, 0.6) is 0 Å². The van der Waals surface area contributed by atoms with Crippen molar-refractivity contribution < 1.29 is 4.74 Å². The Morgan fingerprint density at radius 3 is 2.67 bits per heavy atom. The normalized spacial score (nSPS) is 20.7. The lowest BCUT2D eigenvalue weighted by molar-refractivity contribution is 0.00350. The smallest absolute Gasteiger partial charge is 0.103 e. The molecule has 1 aromatic heterocycles. The molecule has 6 rings (SSSR count). The molecule has 4 N–H and O–H groups in total. The van der Waals surface area contributed by atoms with Crippen LogP contribution in [-0.2, 0) is 4.74 Å². The fourth-order valence-corrected chi connectivity index (χ4v) is 5.66. The van der Waals surface area contributed by atoms with Crippen LogP contribution in [0.4, 0.5) is 11.4 Å². The summed E-state index contributed by atoms with van der Waals surface area (Å²) in [6, 6.07) is 16.3. The van der Waals surface area contributed by atoms with Gasteiger partial charge in [-0.2, -0.15) is 10.5 Å². The van der Waals surface area contributed by atoms with Crippen LogP contribution < -0.4 is 21.6 Å². The number of pyridine rings is 1. The van der Waals surface area contributed by atoms with Crippen molar-refractivity contribution in [2.24, 2.45) is 5.41 Å². The Morgan fingerprint density at radius 2 is 1.95 bits per heavy atom. The summed E-state index contributed by atoms with van der Waals surface area (Å²) >= 11 is 6.68. The second kappa shape index (κ2) is 10.5. The van der Waals surface area contributed by atoms with E-state index in [1.165, 1.54) is 0 Å². The van der Waals surface area contributed by atoms with Gasteiger partial charge >= 0.3 is 0 Å². The van der Waals surface area contributed by atoms with Crippen molar-refractivity contribution in [3.8, 4) is 12.1 Å². The number of nitriles is 2. The van der Waals surface area contributed by atoms with E-state index < -0.39 is 0 Å². The molecule has 2 aliphatic heterocycles. The molecule has 2 aromatic carbocycles.